The van der Waals surface area contributed by atoms with Gasteiger partial charge in [0.1, 0.15) is 0 Å². The summed E-state index contributed by atoms with van der Waals surface area (Å²) in [6.07, 6.45) is 2.08. The van der Waals surface area contributed by atoms with Crippen LogP contribution in [0.15, 0.2) is 0 Å². The summed E-state index contributed by atoms with van der Waals surface area (Å²) in [6, 6.07) is 0. The molecule has 7 heteroatoms. The second-order valence-electron chi connectivity index (χ2n) is 6.19. The molecule has 1 aliphatic rings. The number of hydrogen-bond donors (Lipinski definition) is 1. The number of nitrogens with two attached hydrogens (primary N) is 1. The van der Waals surface area contributed by atoms with Crippen molar-refractivity contribution < 1.29 is 22.6 Å². The van der Waals surface area contributed by atoms with E-state index in [0.717, 1.165) is 6.42 Å². The zero-order valence-corrected chi connectivity index (χ0v) is 13.5. The molecule has 1 rings (SSSR count). The first-order chi connectivity index (χ1) is 9.18. The third kappa shape index (κ3) is 6.49. The first-order valence-corrected chi connectivity index (χ1v) is 8.61. The smallest absolute Gasteiger partial charge is 0.209 e. The maximum absolute atomic E-state index is 11.4. The molecular formula is C13H27NO5S. The van der Waals surface area contributed by atoms with Crippen molar-refractivity contribution in [1.82, 2.24) is 0 Å². The Bertz CT molecular complexity index is 388. The summed E-state index contributed by atoms with van der Waals surface area (Å²) < 4.78 is 39.1. The molecule has 1 saturated heterocycles. The molecule has 0 radical (unpaired) electrons. The number of rotatable bonds is 8. The summed E-state index contributed by atoms with van der Waals surface area (Å²) in [4.78, 5) is 0. The van der Waals surface area contributed by atoms with Crippen molar-refractivity contribution >= 4 is 10.0 Å². The summed E-state index contributed by atoms with van der Waals surface area (Å²) in [5, 5.41) is 5.20. The van der Waals surface area contributed by atoms with Crippen molar-refractivity contribution in [3.05, 3.63) is 0 Å². The SMILES string of the molecule is COC(C)(C)CCOCC1(CS(N)(=O)=O)CCOCC1. The first kappa shape index (κ1) is 17.8. The third-order valence-electron chi connectivity index (χ3n) is 3.87. The van der Waals surface area contributed by atoms with Crippen LogP contribution in [0.4, 0.5) is 0 Å². The molecule has 0 atom stereocenters. The first-order valence-electron chi connectivity index (χ1n) is 6.89. The van der Waals surface area contributed by atoms with Crippen LogP contribution in [-0.4, -0.2) is 53.3 Å². The Balaban J connectivity index is 2.49. The van der Waals surface area contributed by atoms with Crippen molar-refractivity contribution in [2.45, 2.75) is 38.7 Å². The average molecular weight is 309 g/mol. The Hall–Kier alpha value is -0.210. The van der Waals surface area contributed by atoms with E-state index in [1.807, 2.05) is 13.8 Å². The second-order valence-corrected chi connectivity index (χ2v) is 7.80. The Morgan fingerprint density at radius 2 is 1.90 bits per heavy atom. The van der Waals surface area contributed by atoms with Crippen LogP contribution in [0.5, 0.6) is 0 Å². The van der Waals surface area contributed by atoms with Gasteiger partial charge in [-0.1, -0.05) is 0 Å². The molecule has 0 aromatic carbocycles. The van der Waals surface area contributed by atoms with Crippen molar-refractivity contribution in [2.75, 3.05) is 39.3 Å². The molecule has 6 nitrogen and oxygen atoms in total. The highest BCUT2D eigenvalue weighted by atomic mass is 32.2. The van der Waals surface area contributed by atoms with Gasteiger partial charge in [0.05, 0.1) is 18.0 Å². The quantitative estimate of drug-likeness (QED) is 0.673. The molecule has 1 fully saturated rings. The molecule has 0 aromatic heterocycles. The fraction of sp³-hybridized carbons (Fsp3) is 1.00. The molecule has 1 heterocycles. The van der Waals surface area contributed by atoms with E-state index in [1.165, 1.54) is 0 Å². The Morgan fingerprint density at radius 1 is 1.30 bits per heavy atom. The third-order valence-corrected chi connectivity index (χ3v) is 4.88. The van der Waals surface area contributed by atoms with Gasteiger partial charge >= 0.3 is 0 Å². The van der Waals surface area contributed by atoms with E-state index in [9.17, 15) is 8.42 Å². The highest BCUT2D eigenvalue weighted by Gasteiger charge is 2.36. The van der Waals surface area contributed by atoms with Crippen molar-refractivity contribution in [1.29, 1.82) is 0 Å². The normalized spacial score (nSPS) is 20.0. The molecule has 2 N–H and O–H groups in total. The lowest BCUT2D eigenvalue weighted by Crippen LogP contribution is -2.42. The molecule has 0 saturated carbocycles. The molecular weight excluding hydrogens is 282 g/mol. The predicted molar refractivity (Wildman–Crippen MR) is 77.0 cm³/mol. The van der Waals surface area contributed by atoms with Crippen molar-refractivity contribution in [3.8, 4) is 0 Å². The minimum Gasteiger partial charge on any atom is -0.381 e. The minimum absolute atomic E-state index is 0.0446. The van der Waals surface area contributed by atoms with E-state index in [4.69, 9.17) is 19.3 Å². The number of methoxy groups -OCH3 is 1. The van der Waals surface area contributed by atoms with Gasteiger partial charge in [0, 0.05) is 32.3 Å². The molecule has 0 amide bonds. The van der Waals surface area contributed by atoms with Crippen LogP contribution in [-0.2, 0) is 24.2 Å². The number of primary sulfonamides is 1. The standard InChI is InChI=1S/C13H27NO5S/c1-12(2,17-3)4-7-19-10-13(11-20(14,15)16)5-8-18-9-6-13/h4-11H2,1-3H3,(H2,14,15,16). The van der Waals surface area contributed by atoms with Gasteiger partial charge in [-0.25, -0.2) is 13.6 Å². The van der Waals surface area contributed by atoms with Crippen molar-refractivity contribution in [3.63, 3.8) is 0 Å². The number of sulfonamides is 1. The molecule has 0 aromatic rings. The maximum Gasteiger partial charge on any atom is 0.209 e. The van der Waals surface area contributed by atoms with E-state index in [2.05, 4.69) is 0 Å². The van der Waals surface area contributed by atoms with Crippen molar-refractivity contribution in [2.24, 2.45) is 10.6 Å². The van der Waals surface area contributed by atoms with Crippen LogP contribution >= 0.6 is 0 Å². The molecule has 0 unspecified atom stereocenters. The molecule has 1 aliphatic heterocycles. The molecule has 0 aliphatic carbocycles. The van der Waals surface area contributed by atoms with Gasteiger partial charge < -0.3 is 14.2 Å². The second kappa shape index (κ2) is 7.17. The fourth-order valence-corrected chi connectivity index (χ4v) is 3.50. The summed E-state index contributed by atoms with van der Waals surface area (Å²) >= 11 is 0. The summed E-state index contributed by atoms with van der Waals surface area (Å²) in [7, 11) is -1.85. The molecule has 0 bridgehead atoms. The van der Waals surface area contributed by atoms with E-state index in [1.54, 1.807) is 7.11 Å². The number of hydrogen-bond acceptors (Lipinski definition) is 5. The summed E-state index contributed by atoms with van der Waals surface area (Å²) in [6.45, 7) is 6.03. The number of ether oxygens (including phenoxy) is 3. The highest BCUT2D eigenvalue weighted by molar-refractivity contribution is 7.89. The van der Waals surface area contributed by atoms with Crippen LogP contribution in [0.2, 0.25) is 0 Å². The lowest BCUT2D eigenvalue weighted by atomic mass is 9.83. The van der Waals surface area contributed by atoms with Gasteiger partial charge in [0.2, 0.25) is 10.0 Å². The lowest BCUT2D eigenvalue weighted by molar-refractivity contribution is -0.0488. The van der Waals surface area contributed by atoms with Gasteiger partial charge in [0.15, 0.2) is 0 Å². The zero-order valence-electron chi connectivity index (χ0n) is 12.7. The van der Waals surface area contributed by atoms with Gasteiger partial charge in [-0.15, -0.1) is 0 Å². The Morgan fingerprint density at radius 3 is 2.40 bits per heavy atom. The van der Waals surface area contributed by atoms with Gasteiger partial charge in [-0.2, -0.15) is 0 Å². The van der Waals surface area contributed by atoms with Gasteiger partial charge in [-0.05, 0) is 33.1 Å². The Kier molecular flexibility index (Phi) is 6.40. The fourth-order valence-electron chi connectivity index (χ4n) is 2.27. The van der Waals surface area contributed by atoms with Gasteiger partial charge in [0.25, 0.3) is 0 Å². The molecule has 120 valence electrons. The minimum atomic E-state index is -3.51. The average Bonchev–Trinajstić information content (AvgIpc) is 2.34. The van der Waals surface area contributed by atoms with Gasteiger partial charge in [-0.3, -0.25) is 0 Å². The molecule has 20 heavy (non-hydrogen) atoms. The van der Waals surface area contributed by atoms with E-state index in [0.29, 0.717) is 39.3 Å². The van der Waals surface area contributed by atoms with E-state index >= 15 is 0 Å². The van der Waals surface area contributed by atoms with Crippen LogP contribution in [0.25, 0.3) is 0 Å². The monoisotopic (exact) mass is 309 g/mol. The van der Waals surface area contributed by atoms with Crippen LogP contribution in [0, 0.1) is 5.41 Å². The lowest BCUT2D eigenvalue weighted by Gasteiger charge is -2.36. The van der Waals surface area contributed by atoms with Crippen LogP contribution < -0.4 is 5.14 Å². The Labute approximate surface area is 122 Å². The highest BCUT2D eigenvalue weighted by Crippen LogP contribution is 2.32. The zero-order chi connectivity index (χ0) is 15.3. The van der Waals surface area contributed by atoms with Crippen LogP contribution in [0.3, 0.4) is 0 Å². The van der Waals surface area contributed by atoms with E-state index < -0.39 is 15.4 Å². The summed E-state index contributed by atoms with van der Waals surface area (Å²) in [5.41, 5.74) is -0.647. The topological polar surface area (TPSA) is 87.9 Å². The van der Waals surface area contributed by atoms with E-state index in [-0.39, 0.29) is 11.4 Å². The largest absolute Gasteiger partial charge is 0.381 e. The van der Waals surface area contributed by atoms with Crippen LogP contribution in [0.1, 0.15) is 33.1 Å². The molecule has 0 spiro atoms. The summed E-state index contributed by atoms with van der Waals surface area (Å²) in [5.74, 6) is -0.0446. The predicted octanol–water partition coefficient (Wildman–Crippen LogP) is 0.903. The maximum atomic E-state index is 11.4.